The third kappa shape index (κ3) is 5.32. The first-order valence-electron chi connectivity index (χ1n) is 9.21. The Morgan fingerprint density at radius 2 is 1.79 bits per heavy atom. The number of carboxylic acids is 1. The molecule has 2 N–H and O–H groups in total. The van der Waals surface area contributed by atoms with Gasteiger partial charge < -0.3 is 10.4 Å². The number of carbonyl (C=O) groups is 2. The topological polar surface area (TPSA) is 110 Å². The van der Waals surface area contributed by atoms with Gasteiger partial charge in [0.1, 0.15) is 10.7 Å². The molecule has 1 amide bonds. The van der Waals surface area contributed by atoms with Crippen molar-refractivity contribution in [1.82, 2.24) is 25.1 Å². The van der Waals surface area contributed by atoms with Crippen LogP contribution >= 0.6 is 11.3 Å². The second-order valence-corrected chi connectivity index (χ2v) is 8.13. The SMILES string of the molecule is Cc1nc([C@H](C)NC(=O)c2cc(C(C)(F)F)cc(C(F)(F)F)c2)n(-c2ncc(C(=O)O)s2)n1. The van der Waals surface area contributed by atoms with E-state index in [9.17, 15) is 31.5 Å². The number of halogens is 5. The van der Waals surface area contributed by atoms with Gasteiger partial charge in [-0.1, -0.05) is 11.3 Å². The molecule has 8 nitrogen and oxygen atoms in total. The van der Waals surface area contributed by atoms with E-state index in [0.29, 0.717) is 25.1 Å². The van der Waals surface area contributed by atoms with Crippen molar-refractivity contribution in [2.45, 2.75) is 38.9 Å². The van der Waals surface area contributed by atoms with Crippen LogP contribution in [0.15, 0.2) is 24.4 Å². The van der Waals surface area contributed by atoms with Crippen LogP contribution in [0.5, 0.6) is 0 Å². The minimum atomic E-state index is -4.94. The maximum absolute atomic E-state index is 13.7. The molecule has 0 saturated heterocycles. The fourth-order valence-electron chi connectivity index (χ4n) is 2.83. The van der Waals surface area contributed by atoms with Crippen LogP contribution in [0.4, 0.5) is 22.0 Å². The summed E-state index contributed by atoms with van der Waals surface area (Å²) < 4.78 is 68.2. The molecule has 0 bridgehead atoms. The number of nitrogens with zero attached hydrogens (tertiary/aromatic N) is 4. The largest absolute Gasteiger partial charge is 0.477 e. The van der Waals surface area contributed by atoms with Crippen LogP contribution in [0.2, 0.25) is 0 Å². The van der Waals surface area contributed by atoms with Gasteiger partial charge in [-0.3, -0.25) is 4.79 Å². The van der Waals surface area contributed by atoms with E-state index in [1.165, 1.54) is 18.5 Å². The van der Waals surface area contributed by atoms with Gasteiger partial charge in [0.05, 0.1) is 17.8 Å². The van der Waals surface area contributed by atoms with Gasteiger partial charge in [0.2, 0.25) is 5.13 Å². The molecular weight excluding hydrogens is 473 g/mol. The molecule has 0 aliphatic heterocycles. The second-order valence-electron chi connectivity index (χ2n) is 7.12. The van der Waals surface area contributed by atoms with E-state index >= 15 is 0 Å². The fourth-order valence-corrected chi connectivity index (χ4v) is 3.55. The van der Waals surface area contributed by atoms with E-state index in [2.05, 4.69) is 20.4 Å². The molecule has 0 aliphatic rings. The van der Waals surface area contributed by atoms with E-state index in [1.807, 2.05) is 0 Å². The van der Waals surface area contributed by atoms with Crippen LogP contribution in [0, 0.1) is 6.92 Å². The summed E-state index contributed by atoms with van der Waals surface area (Å²) in [4.78, 5) is 31.8. The number of thiazole rings is 1. The summed E-state index contributed by atoms with van der Waals surface area (Å²) in [5.74, 6) is -5.49. The van der Waals surface area contributed by atoms with Gasteiger partial charge >= 0.3 is 12.1 Å². The summed E-state index contributed by atoms with van der Waals surface area (Å²) in [7, 11) is 0. The Balaban J connectivity index is 1.94. The summed E-state index contributed by atoms with van der Waals surface area (Å²) in [6.07, 6.45) is -3.83. The summed E-state index contributed by atoms with van der Waals surface area (Å²) in [6.45, 7) is 3.41. The van der Waals surface area contributed by atoms with Crippen molar-refractivity contribution in [3.63, 3.8) is 0 Å². The second kappa shape index (κ2) is 8.50. The Hall–Kier alpha value is -3.42. The van der Waals surface area contributed by atoms with Crippen molar-refractivity contribution < 1.29 is 36.6 Å². The number of nitrogens with one attached hydrogen (secondary N) is 1. The molecule has 14 heteroatoms. The summed E-state index contributed by atoms with van der Waals surface area (Å²) in [5, 5.41) is 15.7. The smallest absolute Gasteiger partial charge is 0.416 e. The average Bonchev–Trinajstić information content (AvgIpc) is 3.33. The summed E-state index contributed by atoms with van der Waals surface area (Å²) in [5.41, 5.74) is -2.96. The van der Waals surface area contributed by atoms with E-state index in [4.69, 9.17) is 5.11 Å². The Morgan fingerprint density at radius 3 is 2.33 bits per heavy atom. The minimum Gasteiger partial charge on any atom is -0.477 e. The first kappa shape index (κ1) is 24.2. The standard InChI is InChI=1S/C19H16F5N5O3S/c1-8(14-27-9(2)28-29(14)17-25-7-13(33-17)16(31)32)26-15(30)10-4-11(18(3,20)21)6-12(5-10)19(22,23)24/h4-8H,1-3H3,(H,26,30)(H,31,32)/t8-/m0/s1. The van der Waals surface area contributed by atoms with Gasteiger partial charge in [-0.05, 0) is 32.0 Å². The fraction of sp³-hybridized carbons (Fsp3) is 0.316. The number of benzene rings is 1. The van der Waals surface area contributed by atoms with E-state index in [-0.39, 0.29) is 21.7 Å². The van der Waals surface area contributed by atoms with Gasteiger partial charge in [-0.2, -0.15) is 17.9 Å². The van der Waals surface area contributed by atoms with Crippen molar-refractivity contribution in [3.05, 3.63) is 57.6 Å². The van der Waals surface area contributed by atoms with Crippen molar-refractivity contribution in [1.29, 1.82) is 0 Å². The monoisotopic (exact) mass is 489 g/mol. The molecule has 1 atom stereocenters. The molecule has 3 aromatic rings. The molecule has 1 aromatic carbocycles. The third-order valence-corrected chi connectivity index (χ3v) is 5.35. The normalized spacial score (nSPS) is 13.1. The lowest BCUT2D eigenvalue weighted by Crippen LogP contribution is -2.29. The summed E-state index contributed by atoms with van der Waals surface area (Å²) >= 11 is 0.792. The number of hydrogen-bond acceptors (Lipinski definition) is 6. The Bertz CT molecular complexity index is 1180. The highest BCUT2D eigenvalue weighted by molar-refractivity contribution is 7.15. The third-order valence-electron chi connectivity index (χ3n) is 4.39. The van der Waals surface area contributed by atoms with E-state index < -0.39 is 46.7 Å². The maximum Gasteiger partial charge on any atom is 0.416 e. The summed E-state index contributed by atoms with van der Waals surface area (Å²) in [6, 6.07) is 0.513. The van der Waals surface area contributed by atoms with Gasteiger partial charge in [0.15, 0.2) is 5.82 Å². The van der Waals surface area contributed by atoms with Crippen LogP contribution in [0.1, 0.15) is 62.7 Å². The van der Waals surface area contributed by atoms with Crippen molar-refractivity contribution >= 4 is 23.2 Å². The van der Waals surface area contributed by atoms with Gasteiger partial charge in [-0.25, -0.2) is 23.5 Å². The first-order chi connectivity index (χ1) is 15.2. The number of aryl methyl sites for hydroxylation is 1. The first-order valence-corrected chi connectivity index (χ1v) is 10.0. The molecule has 0 saturated carbocycles. The molecule has 33 heavy (non-hydrogen) atoms. The predicted octanol–water partition coefficient (Wildman–Crippen LogP) is 4.35. The molecule has 0 aliphatic carbocycles. The van der Waals surface area contributed by atoms with Crippen LogP contribution in [0.3, 0.4) is 0 Å². The molecular formula is C19H16F5N5O3S. The molecule has 0 radical (unpaired) electrons. The number of alkyl halides is 5. The van der Waals surface area contributed by atoms with Crippen molar-refractivity contribution in [2.24, 2.45) is 0 Å². The van der Waals surface area contributed by atoms with E-state index in [0.717, 1.165) is 17.5 Å². The van der Waals surface area contributed by atoms with Crippen LogP contribution in [-0.4, -0.2) is 36.7 Å². The lowest BCUT2D eigenvalue weighted by atomic mass is 10.0. The van der Waals surface area contributed by atoms with Crippen molar-refractivity contribution in [3.8, 4) is 5.13 Å². The Morgan fingerprint density at radius 1 is 1.15 bits per heavy atom. The van der Waals surface area contributed by atoms with Crippen LogP contribution < -0.4 is 5.32 Å². The highest BCUT2D eigenvalue weighted by Gasteiger charge is 2.35. The number of carbonyl (C=O) groups excluding carboxylic acids is 1. The number of carboxylic acid groups (broad SMARTS) is 1. The molecule has 0 fully saturated rings. The number of aromatic carboxylic acids is 1. The number of rotatable bonds is 6. The maximum atomic E-state index is 13.7. The lowest BCUT2D eigenvalue weighted by molar-refractivity contribution is -0.137. The highest BCUT2D eigenvalue weighted by atomic mass is 32.1. The zero-order valence-electron chi connectivity index (χ0n) is 17.2. The molecule has 0 unspecified atom stereocenters. The zero-order chi connectivity index (χ0) is 24.7. The Kier molecular flexibility index (Phi) is 6.24. The molecule has 2 aromatic heterocycles. The van der Waals surface area contributed by atoms with Crippen LogP contribution in [0.25, 0.3) is 5.13 Å². The van der Waals surface area contributed by atoms with Crippen LogP contribution in [-0.2, 0) is 12.1 Å². The number of aromatic nitrogens is 4. The number of hydrogen-bond donors (Lipinski definition) is 2. The van der Waals surface area contributed by atoms with Crippen molar-refractivity contribution in [2.75, 3.05) is 0 Å². The molecule has 176 valence electrons. The van der Waals surface area contributed by atoms with Gasteiger partial charge in [0.25, 0.3) is 11.8 Å². The molecule has 2 heterocycles. The number of amides is 1. The van der Waals surface area contributed by atoms with Gasteiger partial charge in [-0.15, -0.1) is 5.10 Å². The zero-order valence-corrected chi connectivity index (χ0v) is 18.1. The highest BCUT2D eigenvalue weighted by Crippen LogP contribution is 2.35. The molecule has 0 spiro atoms. The Labute approximate surface area is 187 Å². The minimum absolute atomic E-state index is 0.0715. The average molecular weight is 489 g/mol. The van der Waals surface area contributed by atoms with E-state index in [1.54, 1.807) is 0 Å². The lowest BCUT2D eigenvalue weighted by Gasteiger charge is -2.18. The molecule has 3 rings (SSSR count). The van der Waals surface area contributed by atoms with Gasteiger partial charge in [0, 0.05) is 18.1 Å². The predicted molar refractivity (Wildman–Crippen MR) is 106 cm³/mol. The quantitative estimate of drug-likeness (QED) is 0.498.